The van der Waals surface area contributed by atoms with Gasteiger partial charge in [-0.1, -0.05) is 35.9 Å². The zero-order chi connectivity index (χ0) is 33.0. The summed E-state index contributed by atoms with van der Waals surface area (Å²) in [6.45, 7) is 14.5. The summed E-state index contributed by atoms with van der Waals surface area (Å²) < 4.78 is 17.8. The highest BCUT2D eigenvalue weighted by Crippen LogP contribution is 2.35. The number of rotatable bonds is 8. The second-order valence-electron chi connectivity index (χ2n) is 13.2. The van der Waals surface area contributed by atoms with Crippen LogP contribution in [-0.2, 0) is 11.2 Å². The van der Waals surface area contributed by atoms with Gasteiger partial charge in [0.25, 0.3) is 0 Å². The molecule has 3 aliphatic rings. The summed E-state index contributed by atoms with van der Waals surface area (Å²) in [6, 6.07) is 14.7. The number of ether oxygens (including phenoxy) is 3. The van der Waals surface area contributed by atoms with Crippen LogP contribution in [0.1, 0.15) is 56.5 Å². The average molecular weight is 682 g/mol. The Labute approximate surface area is 287 Å². The molecule has 1 atom stereocenters. The Hall–Kier alpha value is -3.01. The number of H-pyrrole nitrogens is 1. The zero-order valence-corrected chi connectivity index (χ0v) is 29.2. The number of carbonyl (C=O) groups is 1. The Morgan fingerprint density at radius 3 is 2.23 bits per heavy atom. The Morgan fingerprint density at radius 2 is 1.60 bits per heavy atom. The molecule has 2 saturated heterocycles. The average Bonchev–Trinajstić information content (AvgIpc) is 3.42. The Kier molecular flexibility index (Phi) is 10.8. The van der Waals surface area contributed by atoms with Gasteiger partial charge in [0.05, 0.1) is 18.1 Å². The predicted octanol–water partition coefficient (Wildman–Crippen LogP) is 5.59. The first kappa shape index (κ1) is 33.9. The van der Waals surface area contributed by atoms with Crippen molar-refractivity contribution >= 4 is 41.4 Å². The van der Waals surface area contributed by atoms with Gasteiger partial charge in [-0.25, -0.2) is 4.79 Å². The minimum Gasteiger partial charge on any atom is -0.490 e. The molecule has 0 bridgehead atoms. The monoisotopic (exact) mass is 680 g/mol. The molecule has 8 nitrogen and oxygen atoms in total. The highest BCUT2D eigenvalue weighted by atomic mass is 35.5. The quantitative estimate of drug-likeness (QED) is 0.313. The van der Waals surface area contributed by atoms with Gasteiger partial charge in [-0.05, 0) is 87.6 Å². The van der Waals surface area contributed by atoms with Gasteiger partial charge >= 0.3 is 6.09 Å². The first-order chi connectivity index (χ1) is 22.7. The third kappa shape index (κ3) is 8.54. The molecule has 3 aromatic rings. The summed E-state index contributed by atoms with van der Waals surface area (Å²) in [4.78, 5) is 23.7. The first-order valence-corrected chi connectivity index (χ1v) is 17.5. The highest BCUT2D eigenvalue weighted by Gasteiger charge is 2.36. The Bertz CT molecular complexity index is 1620. The maximum absolute atomic E-state index is 13.7. The normalized spacial score (nSPS) is 20.8. The van der Waals surface area contributed by atoms with Crippen molar-refractivity contribution in [2.45, 2.75) is 57.1 Å². The molecule has 1 N–H and O–H groups in total. The van der Waals surface area contributed by atoms with E-state index in [0.717, 1.165) is 92.9 Å². The standard InChI is InChI=1S/C37H46Cl2N4O4/c1-4-33-32(25-37(2,3)39)31-15-18-43(36(44)47-29-11-7-27(38)8-12-29)35(34(31)40-33)26-5-9-28(10-6-26)46-30-13-16-41(17-14-30)19-20-42-21-23-45-24-22-42/h4-12,25,30,35,40H,13-24H2,1-3H3/b32-25-,33-4+/t35-/m0/s1. The maximum atomic E-state index is 13.7. The molecule has 3 aliphatic heterocycles. The van der Waals surface area contributed by atoms with Crippen LogP contribution in [0, 0.1) is 0 Å². The number of likely N-dealkylation sites (tertiary alicyclic amines) is 1. The van der Waals surface area contributed by atoms with Crippen LogP contribution in [0.2, 0.25) is 5.02 Å². The van der Waals surface area contributed by atoms with E-state index in [2.05, 4.69) is 39.1 Å². The predicted molar refractivity (Wildman–Crippen MR) is 188 cm³/mol. The van der Waals surface area contributed by atoms with Crippen molar-refractivity contribution in [1.82, 2.24) is 19.7 Å². The molecule has 6 rings (SSSR count). The van der Waals surface area contributed by atoms with Crippen LogP contribution in [0.4, 0.5) is 4.79 Å². The van der Waals surface area contributed by atoms with Gasteiger partial charge in [0.2, 0.25) is 0 Å². The molecule has 0 radical (unpaired) electrons. The van der Waals surface area contributed by atoms with Gasteiger partial charge < -0.3 is 24.1 Å². The third-order valence-electron chi connectivity index (χ3n) is 9.30. The number of fused-ring (bicyclic) bond motifs is 1. The topological polar surface area (TPSA) is 70.3 Å². The van der Waals surface area contributed by atoms with Gasteiger partial charge in [-0.15, -0.1) is 11.6 Å². The minimum atomic E-state index is -0.522. The van der Waals surface area contributed by atoms with Crippen molar-refractivity contribution in [3.8, 4) is 11.5 Å². The molecule has 0 saturated carbocycles. The first-order valence-electron chi connectivity index (χ1n) is 16.8. The van der Waals surface area contributed by atoms with E-state index in [-0.39, 0.29) is 12.1 Å². The molecule has 2 fully saturated rings. The van der Waals surface area contributed by atoms with E-state index in [1.165, 1.54) is 5.56 Å². The lowest BCUT2D eigenvalue weighted by molar-refractivity contribution is 0.0289. The maximum Gasteiger partial charge on any atom is 0.416 e. The number of aromatic amines is 1. The summed E-state index contributed by atoms with van der Waals surface area (Å²) in [6.07, 6.45) is 6.64. The molecule has 0 aliphatic carbocycles. The molecule has 2 aromatic carbocycles. The smallest absolute Gasteiger partial charge is 0.416 e. The number of halogens is 2. The SMILES string of the molecule is C/C=c1/[nH]c2c(/c1=C/C(C)(C)Cl)CCN(C(=O)Oc1ccc(Cl)cc1)[C@H]2c1ccc(OC2CCN(CCN3CCOCC3)CC2)cc1. The molecule has 0 unspecified atom stereocenters. The number of alkyl halides is 1. The van der Waals surface area contributed by atoms with E-state index in [1.807, 2.05) is 32.9 Å². The third-order valence-corrected chi connectivity index (χ3v) is 9.66. The van der Waals surface area contributed by atoms with Crippen LogP contribution in [0.5, 0.6) is 11.5 Å². The number of hydrogen-bond acceptors (Lipinski definition) is 6. The van der Waals surface area contributed by atoms with E-state index < -0.39 is 11.0 Å². The van der Waals surface area contributed by atoms with Gasteiger partial charge in [-0.3, -0.25) is 9.80 Å². The number of amides is 1. The molecule has 4 heterocycles. The summed E-state index contributed by atoms with van der Waals surface area (Å²) in [7, 11) is 0. The number of carbonyl (C=O) groups excluding carboxylic acids is 1. The number of aromatic nitrogens is 1. The van der Waals surface area contributed by atoms with Crippen molar-refractivity contribution in [3.63, 3.8) is 0 Å². The zero-order valence-electron chi connectivity index (χ0n) is 27.6. The summed E-state index contributed by atoms with van der Waals surface area (Å²) in [5, 5.41) is 2.68. The number of piperidine rings is 1. The summed E-state index contributed by atoms with van der Waals surface area (Å²) in [5.74, 6) is 1.30. The van der Waals surface area contributed by atoms with Crippen LogP contribution >= 0.6 is 23.2 Å². The molecule has 10 heteroatoms. The van der Waals surface area contributed by atoms with E-state index >= 15 is 0 Å². The fourth-order valence-corrected chi connectivity index (χ4v) is 7.07. The van der Waals surface area contributed by atoms with Crippen LogP contribution in [0.25, 0.3) is 12.2 Å². The Balaban J connectivity index is 1.19. The Morgan fingerprint density at radius 1 is 0.957 bits per heavy atom. The van der Waals surface area contributed by atoms with Gasteiger partial charge in [0, 0.05) is 67.1 Å². The van der Waals surface area contributed by atoms with Crippen LogP contribution < -0.4 is 20.0 Å². The van der Waals surface area contributed by atoms with Crippen molar-refractivity contribution in [1.29, 1.82) is 0 Å². The van der Waals surface area contributed by atoms with Crippen molar-refractivity contribution < 1.29 is 19.0 Å². The van der Waals surface area contributed by atoms with Gasteiger partial charge in [0.15, 0.2) is 0 Å². The fourth-order valence-electron chi connectivity index (χ4n) is 6.84. The van der Waals surface area contributed by atoms with Crippen LogP contribution in [-0.4, -0.2) is 95.8 Å². The van der Waals surface area contributed by atoms with Crippen molar-refractivity contribution in [3.05, 3.63) is 80.9 Å². The molecular formula is C37H46Cl2N4O4. The number of morpholine rings is 1. The second-order valence-corrected chi connectivity index (χ2v) is 14.6. The lowest BCUT2D eigenvalue weighted by Gasteiger charge is -2.35. The molecule has 0 spiro atoms. The minimum absolute atomic E-state index is 0.190. The number of hydrogen-bond donors (Lipinski definition) is 1. The molecule has 47 heavy (non-hydrogen) atoms. The number of nitrogens with one attached hydrogen (secondary N) is 1. The van der Waals surface area contributed by atoms with Crippen molar-refractivity contribution in [2.75, 3.05) is 59.0 Å². The molecular weight excluding hydrogens is 635 g/mol. The van der Waals surface area contributed by atoms with E-state index in [4.69, 9.17) is 37.4 Å². The largest absolute Gasteiger partial charge is 0.490 e. The fraction of sp³-hybridized carbons (Fsp3) is 0.486. The summed E-state index contributed by atoms with van der Waals surface area (Å²) in [5.41, 5.74) is 3.13. The van der Waals surface area contributed by atoms with E-state index in [0.29, 0.717) is 23.7 Å². The van der Waals surface area contributed by atoms with E-state index in [9.17, 15) is 4.79 Å². The second kappa shape index (κ2) is 15.0. The molecule has 1 aromatic heterocycles. The lowest BCUT2D eigenvalue weighted by Crippen LogP contribution is -2.44. The molecule has 252 valence electrons. The van der Waals surface area contributed by atoms with Gasteiger partial charge in [0.1, 0.15) is 23.6 Å². The van der Waals surface area contributed by atoms with Gasteiger partial charge in [-0.2, -0.15) is 0 Å². The summed E-state index contributed by atoms with van der Waals surface area (Å²) >= 11 is 12.7. The highest BCUT2D eigenvalue weighted by molar-refractivity contribution is 6.30. The number of nitrogens with zero attached hydrogens (tertiary/aromatic N) is 3. The van der Waals surface area contributed by atoms with Crippen LogP contribution in [0.3, 0.4) is 0 Å². The number of benzene rings is 2. The lowest BCUT2D eigenvalue weighted by atomic mass is 9.92. The molecule has 1 amide bonds. The van der Waals surface area contributed by atoms with Crippen LogP contribution in [0.15, 0.2) is 48.5 Å². The van der Waals surface area contributed by atoms with E-state index in [1.54, 1.807) is 29.2 Å². The van der Waals surface area contributed by atoms with Crippen molar-refractivity contribution in [2.24, 2.45) is 0 Å².